The molecule has 11 heteroatoms. The van der Waals surface area contributed by atoms with Gasteiger partial charge in [0.2, 0.25) is 5.78 Å². The summed E-state index contributed by atoms with van der Waals surface area (Å²) in [6.45, 7) is 3.32. The summed E-state index contributed by atoms with van der Waals surface area (Å²) < 4.78 is 12.1. The third-order valence-corrected chi connectivity index (χ3v) is 8.40. The lowest BCUT2D eigenvalue weighted by Crippen LogP contribution is -2.54. The molecule has 3 aliphatic rings. The Morgan fingerprint density at radius 2 is 1.67 bits per heavy atom. The van der Waals surface area contributed by atoms with Crippen molar-refractivity contribution in [1.29, 1.82) is 0 Å². The minimum Gasteiger partial charge on any atom is -0.507 e. The lowest BCUT2D eigenvalue weighted by Gasteiger charge is -2.45. The lowest BCUT2D eigenvalue weighted by atomic mass is 9.70. The first-order chi connectivity index (χ1) is 18.3. The van der Waals surface area contributed by atoms with E-state index in [9.17, 15) is 40.2 Å². The zero-order valence-corrected chi connectivity index (χ0v) is 22.1. The number of phenolic OH excluding ortho intramolecular Hbond substituents is 3. The van der Waals surface area contributed by atoms with Crippen molar-refractivity contribution < 1.29 is 49.7 Å². The zero-order chi connectivity index (χ0) is 28.5. The highest BCUT2D eigenvalue weighted by Crippen LogP contribution is 2.56. The number of ketones is 2. The van der Waals surface area contributed by atoms with Gasteiger partial charge in [-0.2, -0.15) is 0 Å². The summed E-state index contributed by atoms with van der Waals surface area (Å²) in [5.74, 6) is -3.61. The van der Waals surface area contributed by atoms with E-state index in [0.717, 1.165) is 0 Å². The molecule has 2 aromatic rings. The number of benzene rings is 2. The minimum absolute atomic E-state index is 0.0370. The Morgan fingerprint density at radius 3 is 2.31 bits per heavy atom. The molecule has 1 saturated heterocycles. The number of ether oxygens (including phenoxy) is 2. The Labute approximate surface area is 224 Å². The van der Waals surface area contributed by atoms with E-state index >= 15 is 0 Å². The van der Waals surface area contributed by atoms with Crippen LogP contribution in [0.4, 0.5) is 0 Å². The smallest absolute Gasteiger partial charge is 0.202 e. The van der Waals surface area contributed by atoms with E-state index in [0.29, 0.717) is 0 Å². The third kappa shape index (κ3) is 4.03. The molecule has 1 aliphatic heterocycles. The molecule has 0 amide bonds. The number of nitrogens with zero attached hydrogens (tertiary/aromatic N) is 1. The predicted octanol–water partition coefficient (Wildman–Crippen LogP) is 1.64. The second-order valence-electron chi connectivity index (χ2n) is 10.8. The number of phenols is 3. The molecule has 0 unspecified atom stereocenters. The topological polar surface area (TPSA) is 177 Å². The minimum atomic E-state index is -1.81. The van der Waals surface area contributed by atoms with Gasteiger partial charge in [0.05, 0.1) is 40.6 Å². The summed E-state index contributed by atoms with van der Waals surface area (Å²) in [4.78, 5) is 28.7. The first-order valence-corrected chi connectivity index (χ1v) is 12.9. The highest BCUT2D eigenvalue weighted by Gasteiger charge is 2.51. The summed E-state index contributed by atoms with van der Waals surface area (Å²) in [6, 6.07) is 3.59. The predicted molar refractivity (Wildman–Crippen MR) is 136 cm³/mol. The van der Waals surface area contributed by atoms with Crippen LogP contribution in [0, 0.1) is 0 Å². The van der Waals surface area contributed by atoms with Crippen LogP contribution in [0.2, 0.25) is 0 Å². The number of fused-ring (bicyclic) bond motifs is 3. The van der Waals surface area contributed by atoms with Crippen molar-refractivity contribution in [3.8, 4) is 17.2 Å². The van der Waals surface area contributed by atoms with Crippen molar-refractivity contribution in [2.45, 2.75) is 75.5 Å². The molecule has 7 atom stereocenters. The van der Waals surface area contributed by atoms with Gasteiger partial charge in [-0.25, -0.2) is 0 Å². The van der Waals surface area contributed by atoms with Gasteiger partial charge in [-0.1, -0.05) is 19.1 Å². The molecular formula is C28H33NO10. The first kappa shape index (κ1) is 27.5. The SMILES string of the molecule is CC[C@@]1(O)C[C@H](O[C@H]2C[C@@H](N(C)C)[C@@H](O)[C@@H](C)O2)c2c(O)c3c(c(O)c2[C@H]1O)C(=O)c1cccc(O)c1C3=O. The number of hydrogen-bond acceptors (Lipinski definition) is 11. The van der Waals surface area contributed by atoms with Crippen LogP contribution in [0.3, 0.4) is 0 Å². The van der Waals surface area contributed by atoms with Crippen molar-refractivity contribution in [1.82, 2.24) is 4.90 Å². The maximum Gasteiger partial charge on any atom is 0.202 e. The molecule has 0 spiro atoms. The van der Waals surface area contributed by atoms with Gasteiger partial charge in [0.25, 0.3) is 0 Å². The molecular weight excluding hydrogens is 510 g/mol. The molecule has 0 saturated carbocycles. The number of carbonyl (C=O) groups excluding carboxylic acids is 2. The van der Waals surface area contributed by atoms with E-state index in [1.807, 2.05) is 4.90 Å². The number of likely N-dealkylation sites (N-methyl/N-ethyl adjacent to an activating group) is 1. The average Bonchev–Trinajstić information content (AvgIpc) is 2.88. The molecule has 0 radical (unpaired) electrons. The fourth-order valence-electron chi connectivity index (χ4n) is 6.10. The maximum atomic E-state index is 13.5. The zero-order valence-electron chi connectivity index (χ0n) is 22.1. The van der Waals surface area contributed by atoms with Crippen molar-refractivity contribution in [2.75, 3.05) is 14.1 Å². The van der Waals surface area contributed by atoms with Crippen LogP contribution >= 0.6 is 0 Å². The quantitative estimate of drug-likeness (QED) is 0.264. The monoisotopic (exact) mass is 543 g/mol. The molecule has 0 bridgehead atoms. The van der Waals surface area contributed by atoms with Gasteiger partial charge >= 0.3 is 0 Å². The lowest BCUT2D eigenvalue weighted by molar-refractivity contribution is -0.261. The van der Waals surface area contributed by atoms with E-state index < -0.39 is 76.2 Å². The summed E-state index contributed by atoms with van der Waals surface area (Å²) >= 11 is 0. The van der Waals surface area contributed by atoms with Crippen LogP contribution in [0.25, 0.3) is 0 Å². The Balaban J connectivity index is 1.67. The van der Waals surface area contributed by atoms with Gasteiger partial charge in [0, 0.05) is 35.6 Å². The van der Waals surface area contributed by atoms with Crippen molar-refractivity contribution in [3.63, 3.8) is 0 Å². The van der Waals surface area contributed by atoms with Crippen molar-refractivity contribution >= 4 is 11.6 Å². The van der Waals surface area contributed by atoms with Crippen LogP contribution in [-0.2, 0) is 9.47 Å². The second kappa shape index (κ2) is 9.54. The molecule has 11 nitrogen and oxygen atoms in total. The normalized spacial score (nSPS) is 32.1. The largest absolute Gasteiger partial charge is 0.507 e. The Hall–Kier alpha value is -3.06. The molecule has 2 aliphatic carbocycles. The van der Waals surface area contributed by atoms with Crippen LogP contribution in [0.1, 0.15) is 88.3 Å². The van der Waals surface area contributed by atoms with Crippen LogP contribution in [0.15, 0.2) is 18.2 Å². The van der Waals surface area contributed by atoms with Gasteiger partial charge in [-0.3, -0.25) is 9.59 Å². The average molecular weight is 544 g/mol. The van der Waals surface area contributed by atoms with Crippen LogP contribution < -0.4 is 0 Å². The van der Waals surface area contributed by atoms with E-state index in [2.05, 4.69) is 0 Å². The molecule has 210 valence electrons. The number of hydrogen-bond donors (Lipinski definition) is 6. The molecule has 1 fully saturated rings. The molecule has 6 N–H and O–H groups in total. The van der Waals surface area contributed by atoms with E-state index in [1.165, 1.54) is 18.2 Å². The number of carbonyl (C=O) groups is 2. The number of aliphatic hydroxyl groups excluding tert-OH is 2. The Kier molecular flexibility index (Phi) is 6.73. The second-order valence-corrected chi connectivity index (χ2v) is 10.8. The maximum absolute atomic E-state index is 13.5. The Bertz CT molecular complexity index is 1360. The first-order valence-electron chi connectivity index (χ1n) is 12.9. The fourth-order valence-corrected chi connectivity index (χ4v) is 6.10. The number of aliphatic hydroxyl groups is 3. The summed E-state index contributed by atoms with van der Waals surface area (Å²) in [7, 11) is 3.61. The van der Waals surface area contributed by atoms with Crippen molar-refractivity contribution in [3.05, 3.63) is 51.6 Å². The summed E-state index contributed by atoms with van der Waals surface area (Å²) in [5, 5.41) is 66.3. The highest BCUT2D eigenvalue weighted by molar-refractivity contribution is 6.31. The van der Waals surface area contributed by atoms with E-state index in [4.69, 9.17) is 9.47 Å². The standard InChI is InChI=1S/C28H33NO10/c1-5-28(37)10-15(39-16-9-13(29(3)4)22(31)11(2)38-16)18-21(27(28)36)26(35)19-20(25(18)34)24(33)17-12(23(19)32)7-6-8-14(17)30/h6-8,11,13,15-16,22,27,30-31,34-37H,5,9-10H2,1-4H3/t11-,13-,15+,16+,22+,27-,28-/m1/s1. The highest BCUT2D eigenvalue weighted by atomic mass is 16.7. The fraction of sp³-hybridized carbons (Fsp3) is 0.500. The van der Waals surface area contributed by atoms with Gasteiger partial charge < -0.3 is 45.0 Å². The molecule has 0 aromatic heterocycles. The molecule has 2 aromatic carbocycles. The van der Waals surface area contributed by atoms with Gasteiger partial charge in [0.1, 0.15) is 23.4 Å². The van der Waals surface area contributed by atoms with E-state index in [-0.39, 0.29) is 47.6 Å². The van der Waals surface area contributed by atoms with Gasteiger partial charge in [0.15, 0.2) is 12.1 Å². The summed E-state index contributed by atoms with van der Waals surface area (Å²) in [6.07, 6.45) is -5.17. The molecule has 5 rings (SSSR count). The van der Waals surface area contributed by atoms with Gasteiger partial charge in [-0.05, 0) is 33.5 Å². The van der Waals surface area contributed by atoms with Crippen LogP contribution in [0.5, 0.6) is 17.2 Å². The molecule has 1 heterocycles. The summed E-state index contributed by atoms with van der Waals surface area (Å²) in [5.41, 5.74) is -3.79. The Morgan fingerprint density at radius 1 is 1.03 bits per heavy atom. The van der Waals surface area contributed by atoms with Gasteiger partial charge in [-0.15, -0.1) is 0 Å². The molecule has 39 heavy (non-hydrogen) atoms. The number of aromatic hydroxyl groups is 3. The number of rotatable bonds is 4. The van der Waals surface area contributed by atoms with Crippen molar-refractivity contribution in [2.24, 2.45) is 0 Å². The third-order valence-electron chi connectivity index (χ3n) is 8.40. The van der Waals surface area contributed by atoms with E-state index in [1.54, 1.807) is 27.9 Å². The van der Waals surface area contributed by atoms with Crippen LogP contribution in [-0.4, -0.2) is 91.3 Å².